The first-order valence-electron chi connectivity index (χ1n) is 14.3. The molecular formula is C28H34F3N7O2. The van der Waals surface area contributed by atoms with Gasteiger partial charge in [0.2, 0.25) is 17.8 Å². The van der Waals surface area contributed by atoms with Crippen LogP contribution in [0.2, 0.25) is 0 Å². The van der Waals surface area contributed by atoms with Gasteiger partial charge in [0.05, 0.1) is 12.3 Å². The minimum absolute atomic E-state index is 0.0727. The summed E-state index contributed by atoms with van der Waals surface area (Å²) in [5.41, 5.74) is 0.449. The molecule has 3 aromatic rings. The van der Waals surface area contributed by atoms with Crippen LogP contribution >= 0.6 is 0 Å². The topological polar surface area (TPSA) is 108 Å². The second-order valence-electron chi connectivity index (χ2n) is 11.3. The van der Waals surface area contributed by atoms with Crippen LogP contribution in [-0.2, 0) is 4.79 Å². The number of carbonyl (C=O) groups is 1. The number of fused-ring (bicyclic) bond motifs is 1. The predicted molar refractivity (Wildman–Crippen MR) is 144 cm³/mol. The first-order valence-corrected chi connectivity index (χ1v) is 14.3. The summed E-state index contributed by atoms with van der Waals surface area (Å²) in [6.45, 7) is 1.74. The van der Waals surface area contributed by atoms with E-state index in [1.54, 1.807) is 6.20 Å². The number of nitrogens with zero attached hydrogens (tertiary/aromatic N) is 5. The fourth-order valence-corrected chi connectivity index (χ4v) is 6.35. The summed E-state index contributed by atoms with van der Waals surface area (Å²) < 4.78 is 44.3. The zero-order valence-corrected chi connectivity index (χ0v) is 22.3. The number of carbonyl (C=O) groups excluding carboxylic acids is 1. The van der Waals surface area contributed by atoms with Crippen LogP contribution < -0.4 is 10.6 Å². The van der Waals surface area contributed by atoms with Crippen LogP contribution in [0.4, 0.5) is 30.8 Å². The van der Waals surface area contributed by atoms with Gasteiger partial charge in [0, 0.05) is 43.2 Å². The molecule has 3 fully saturated rings. The lowest BCUT2D eigenvalue weighted by molar-refractivity contribution is -0.135. The van der Waals surface area contributed by atoms with Crippen molar-refractivity contribution in [3.05, 3.63) is 35.8 Å². The van der Waals surface area contributed by atoms with Gasteiger partial charge in [-0.15, -0.1) is 0 Å². The first-order chi connectivity index (χ1) is 19.4. The van der Waals surface area contributed by atoms with Crippen molar-refractivity contribution >= 4 is 34.7 Å². The molecule has 1 amide bonds. The van der Waals surface area contributed by atoms with E-state index in [4.69, 9.17) is 4.98 Å². The number of hydrogen-bond donors (Lipinski definition) is 3. The highest BCUT2D eigenvalue weighted by molar-refractivity contribution is 5.79. The third kappa shape index (κ3) is 5.45. The summed E-state index contributed by atoms with van der Waals surface area (Å²) in [5.74, 6) is -2.19. The zero-order chi connectivity index (χ0) is 27.8. The molecule has 0 spiro atoms. The van der Waals surface area contributed by atoms with Crippen molar-refractivity contribution in [2.24, 2.45) is 5.92 Å². The number of imidazole rings is 1. The molecule has 3 heterocycles. The summed E-state index contributed by atoms with van der Waals surface area (Å²) in [7, 11) is 0. The Morgan fingerprint density at radius 1 is 0.925 bits per heavy atom. The Balaban J connectivity index is 1.23. The Morgan fingerprint density at radius 3 is 2.27 bits per heavy atom. The van der Waals surface area contributed by atoms with Crippen molar-refractivity contribution in [2.75, 3.05) is 23.7 Å². The molecule has 3 N–H and O–H groups in total. The molecule has 6 rings (SSSR count). The molecule has 1 saturated heterocycles. The third-order valence-corrected chi connectivity index (χ3v) is 8.54. The van der Waals surface area contributed by atoms with E-state index in [0.29, 0.717) is 54.9 Å². The number of halogens is 3. The molecule has 2 saturated carbocycles. The smallest absolute Gasteiger partial charge is 0.225 e. The van der Waals surface area contributed by atoms with Crippen molar-refractivity contribution in [2.45, 2.75) is 82.4 Å². The van der Waals surface area contributed by atoms with Crippen LogP contribution in [0.25, 0.3) is 11.2 Å². The number of amides is 1. The number of hydrogen-bond acceptors (Lipinski definition) is 7. The summed E-state index contributed by atoms with van der Waals surface area (Å²) in [4.78, 5) is 28.5. The van der Waals surface area contributed by atoms with E-state index in [1.807, 2.05) is 9.47 Å². The van der Waals surface area contributed by atoms with Crippen molar-refractivity contribution in [3.63, 3.8) is 0 Å². The minimum atomic E-state index is -1.07. The largest absolute Gasteiger partial charge is 0.393 e. The normalized spacial score (nSPS) is 25.4. The van der Waals surface area contributed by atoms with Gasteiger partial charge in [0.25, 0.3) is 0 Å². The summed E-state index contributed by atoms with van der Waals surface area (Å²) >= 11 is 0. The van der Waals surface area contributed by atoms with Gasteiger partial charge in [-0.3, -0.25) is 9.36 Å². The number of aromatic nitrogens is 4. The molecule has 2 aromatic heterocycles. The summed E-state index contributed by atoms with van der Waals surface area (Å²) in [5, 5.41) is 16.2. The molecule has 0 unspecified atom stereocenters. The van der Waals surface area contributed by atoms with Crippen LogP contribution in [0.5, 0.6) is 0 Å². The second-order valence-corrected chi connectivity index (χ2v) is 11.3. The Hall–Kier alpha value is -3.41. The van der Waals surface area contributed by atoms with Gasteiger partial charge in [-0.1, -0.05) is 0 Å². The lowest BCUT2D eigenvalue weighted by Crippen LogP contribution is -2.37. The van der Waals surface area contributed by atoms with Crippen molar-refractivity contribution in [1.82, 2.24) is 24.4 Å². The van der Waals surface area contributed by atoms with E-state index >= 15 is 0 Å². The molecule has 40 heavy (non-hydrogen) atoms. The van der Waals surface area contributed by atoms with E-state index in [0.717, 1.165) is 51.6 Å². The fourth-order valence-electron chi connectivity index (χ4n) is 6.35. The molecule has 2 aliphatic carbocycles. The highest BCUT2D eigenvalue weighted by Gasteiger charge is 2.31. The maximum Gasteiger partial charge on any atom is 0.225 e. The average Bonchev–Trinajstić information content (AvgIpc) is 3.60. The van der Waals surface area contributed by atoms with Gasteiger partial charge in [-0.2, -0.15) is 4.98 Å². The molecule has 1 aromatic carbocycles. The minimum Gasteiger partial charge on any atom is -0.393 e. The average molecular weight is 558 g/mol. The zero-order valence-electron chi connectivity index (χ0n) is 22.3. The number of aliphatic hydroxyl groups excluding tert-OH is 1. The van der Waals surface area contributed by atoms with Crippen LogP contribution in [-0.4, -0.2) is 60.7 Å². The molecule has 1 aliphatic heterocycles. The molecule has 0 bridgehead atoms. The lowest BCUT2D eigenvalue weighted by atomic mass is 9.85. The highest BCUT2D eigenvalue weighted by Crippen LogP contribution is 2.36. The highest BCUT2D eigenvalue weighted by atomic mass is 19.1. The van der Waals surface area contributed by atoms with Gasteiger partial charge in [-0.05, 0) is 64.2 Å². The lowest BCUT2D eigenvalue weighted by Gasteiger charge is -2.31. The van der Waals surface area contributed by atoms with E-state index in [-0.39, 0.29) is 29.9 Å². The number of rotatable bonds is 6. The number of likely N-dealkylation sites (tertiary alicyclic amines) is 1. The Labute approximate surface area is 230 Å². The summed E-state index contributed by atoms with van der Waals surface area (Å²) in [6.07, 6.45) is 9.10. The standard InChI is InChI=1S/C28H34F3N7O2/c29-17-13-21(30)24(22(31)14-17)35-28-34-23-15-32-27(36-25(23)38(28)19-7-9-20(39)10-8-19)33-18-5-3-16(4-6-18)26(40)37-11-1-2-12-37/h13-16,18-20,39H,1-12H2,(H,34,35)(H,32,33,36)/t16?,18?,19-,20+. The Morgan fingerprint density at radius 2 is 1.60 bits per heavy atom. The molecule has 3 aliphatic rings. The second kappa shape index (κ2) is 11.2. The number of aliphatic hydroxyl groups is 1. The van der Waals surface area contributed by atoms with Crippen LogP contribution in [0.15, 0.2) is 18.3 Å². The van der Waals surface area contributed by atoms with Gasteiger partial charge in [-0.25, -0.2) is 23.1 Å². The van der Waals surface area contributed by atoms with Crippen LogP contribution in [0, 0.1) is 23.4 Å². The molecule has 12 heteroatoms. The van der Waals surface area contributed by atoms with Crippen LogP contribution in [0.1, 0.15) is 70.3 Å². The SMILES string of the molecule is O=C(C1CCC(Nc2ncc3nc(Nc4c(F)cc(F)cc4F)n([C@H]4CC[C@@H](O)CC4)c3n2)CC1)N1CCCC1. The van der Waals surface area contributed by atoms with E-state index in [1.165, 1.54) is 0 Å². The maximum atomic E-state index is 14.5. The molecular weight excluding hydrogens is 523 g/mol. The van der Waals surface area contributed by atoms with Crippen molar-refractivity contribution in [3.8, 4) is 0 Å². The number of anilines is 3. The molecule has 214 valence electrons. The number of nitrogens with one attached hydrogen (secondary N) is 2. The van der Waals surface area contributed by atoms with Crippen molar-refractivity contribution < 1.29 is 23.1 Å². The quantitative estimate of drug-likeness (QED) is 0.389. The maximum absolute atomic E-state index is 14.5. The van der Waals surface area contributed by atoms with E-state index < -0.39 is 29.2 Å². The summed E-state index contributed by atoms with van der Waals surface area (Å²) in [6, 6.07) is 1.24. The van der Waals surface area contributed by atoms with Gasteiger partial charge < -0.3 is 20.6 Å². The van der Waals surface area contributed by atoms with Gasteiger partial charge in [0.1, 0.15) is 17.0 Å². The van der Waals surface area contributed by atoms with E-state index in [9.17, 15) is 23.1 Å². The molecule has 0 atom stereocenters. The monoisotopic (exact) mass is 557 g/mol. The van der Waals surface area contributed by atoms with Crippen LogP contribution in [0.3, 0.4) is 0 Å². The third-order valence-electron chi connectivity index (χ3n) is 8.54. The van der Waals surface area contributed by atoms with Gasteiger partial charge in [0.15, 0.2) is 17.3 Å². The Kier molecular flexibility index (Phi) is 7.52. The van der Waals surface area contributed by atoms with E-state index in [2.05, 4.69) is 20.6 Å². The first kappa shape index (κ1) is 26.8. The Bertz CT molecular complexity index is 1350. The number of benzene rings is 1. The van der Waals surface area contributed by atoms with Crippen molar-refractivity contribution in [1.29, 1.82) is 0 Å². The molecule has 0 radical (unpaired) electrons. The molecule has 9 nitrogen and oxygen atoms in total. The van der Waals surface area contributed by atoms with Gasteiger partial charge >= 0.3 is 0 Å². The fraction of sp³-hybridized carbons (Fsp3) is 0.571. The predicted octanol–water partition coefficient (Wildman–Crippen LogP) is 5.06.